The second-order valence-corrected chi connectivity index (χ2v) is 5.84. The summed E-state index contributed by atoms with van der Waals surface area (Å²) in [4.78, 5) is 0. The Bertz CT molecular complexity index is 738. The summed E-state index contributed by atoms with van der Waals surface area (Å²) >= 11 is 0. The molecule has 7 heteroatoms. The van der Waals surface area contributed by atoms with Gasteiger partial charge in [-0.2, -0.15) is 21.6 Å². The third-order valence-corrected chi connectivity index (χ3v) is 3.75. The van der Waals surface area contributed by atoms with Gasteiger partial charge in [0, 0.05) is 5.56 Å². The molecule has 3 nitrogen and oxygen atoms in total. The monoisotopic (exact) mass is 316 g/mol. The standard InChI is InChI=1S/C14H11F3O3S/c1-10-6-5-9-12(20-21(18,19)14(15,16)17)13(10)11-7-3-2-4-8-11/h2-9H,1H3. The molecule has 0 bridgehead atoms. The van der Waals surface area contributed by atoms with Gasteiger partial charge in [-0.25, -0.2) is 0 Å². The van der Waals surface area contributed by atoms with Gasteiger partial charge in [0.15, 0.2) is 5.75 Å². The number of hydrogen-bond acceptors (Lipinski definition) is 3. The van der Waals surface area contributed by atoms with Gasteiger partial charge < -0.3 is 4.18 Å². The first-order chi connectivity index (χ1) is 9.72. The average Bonchev–Trinajstić information content (AvgIpc) is 2.38. The third-order valence-electron chi connectivity index (χ3n) is 2.78. The molecule has 0 aliphatic rings. The number of halogens is 3. The minimum Gasteiger partial charge on any atom is -0.375 e. The second-order valence-electron chi connectivity index (χ2n) is 4.30. The molecule has 0 heterocycles. The van der Waals surface area contributed by atoms with Crippen LogP contribution in [0.3, 0.4) is 0 Å². The first kappa shape index (κ1) is 15.4. The second kappa shape index (κ2) is 5.40. The Morgan fingerprint density at radius 2 is 1.57 bits per heavy atom. The van der Waals surface area contributed by atoms with Crippen molar-refractivity contribution in [2.75, 3.05) is 0 Å². The topological polar surface area (TPSA) is 43.4 Å². The Morgan fingerprint density at radius 1 is 0.952 bits per heavy atom. The molecule has 2 rings (SSSR count). The highest BCUT2D eigenvalue weighted by Gasteiger charge is 2.48. The molecule has 0 N–H and O–H groups in total. The zero-order valence-electron chi connectivity index (χ0n) is 10.9. The minimum absolute atomic E-state index is 0.311. The van der Waals surface area contributed by atoms with Crippen LogP contribution in [0.2, 0.25) is 0 Å². The van der Waals surface area contributed by atoms with E-state index in [2.05, 4.69) is 4.18 Å². The van der Waals surface area contributed by atoms with E-state index in [1.54, 1.807) is 43.3 Å². The van der Waals surface area contributed by atoms with Gasteiger partial charge in [0.25, 0.3) is 0 Å². The van der Waals surface area contributed by atoms with Crippen molar-refractivity contribution in [2.45, 2.75) is 12.4 Å². The van der Waals surface area contributed by atoms with E-state index >= 15 is 0 Å². The highest BCUT2D eigenvalue weighted by Crippen LogP contribution is 2.36. The highest BCUT2D eigenvalue weighted by molar-refractivity contribution is 7.88. The van der Waals surface area contributed by atoms with E-state index < -0.39 is 15.6 Å². The molecule has 0 aliphatic heterocycles. The van der Waals surface area contributed by atoms with E-state index in [1.165, 1.54) is 12.1 Å². The van der Waals surface area contributed by atoms with Crippen LogP contribution in [0, 0.1) is 6.92 Å². The Labute approximate surface area is 120 Å². The molecule has 0 saturated carbocycles. The van der Waals surface area contributed by atoms with Crippen molar-refractivity contribution in [1.82, 2.24) is 0 Å². The average molecular weight is 316 g/mol. The van der Waals surface area contributed by atoms with Gasteiger partial charge in [0.2, 0.25) is 0 Å². The lowest BCUT2D eigenvalue weighted by Crippen LogP contribution is -2.28. The molecule has 21 heavy (non-hydrogen) atoms. The van der Waals surface area contributed by atoms with Crippen LogP contribution in [0.4, 0.5) is 13.2 Å². The molecule has 0 aliphatic carbocycles. The quantitative estimate of drug-likeness (QED) is 0.637. The number of rotatable bonds is 3. The normalized spacial score (nSPS) is 12.2. The summed E-state index contributed by atoms with van der Waals surface area (Å²) in [6.07, 6.45) is 0. The Morgan fingerprint density at radius 3 is 2.14 bits per heavy atom. The molecule has 0 spiro atoms. The van der Waals surface area contributed by atoms with Gasteiger partial charge in [-0.15, -0.1) is 0 Å². The molecular formula is C14H11F3O3S. The van der Waals surface area contributed by atoms with Crippen LogP contribution in [-0.2, 0) is 10.1 Å². The fourth-order valence-electron chi connectivity index (χ4n) is 1.85. The zero-order chi connectivity index (χ0) is 15.7. The summed E-state index contributed by atoms with van der Waals surface area (Å²) in [5.41, 5.74) is -3.98. The van der Waals surface area contributed by atoms with Crippen LogP contribution in [0.25, 0.3) is 11.1 Å². The molecule has 0 atom stereocenters. The summed E-state index contributed by atoms with van der Waals surface area (Å²) in [5.74, 6) is -0.349. The van der Waals surface area contributed by atoms with Crippen molar-refractivity contribution in [1.29, 1.82) is 0 Å². The van der Waals surface area contributed by atoms with E-state index in [1.807, 2.05) is 0 Å². The van der Waals surface area contributed by atoms with Gasteiger partial charge in [-0.3, -0.25) is 0 Å². The smallest absolute Gasteiger partial charge is 0.375 e. The van der Waals surface area contributed by atoms with Crippen molar-refractivity contribution in [3.8, 4) is 16.9 Å². The summed E-state index contributed by atoms with van der Waals surface area (Å²) in [5, 5.41) is 0. The maximum absolute atomic E-state index is 12.4. The summed E-state index contributed by atoms with van der Waals surface area (Å²) in [7, 11) is -5.70. The maximum Gasteiger partial charge on any atom is 0.534 e. The molecule has 2 aromatic rings. The lowest BCUT2D eigenvalue weighted by atomic mass is 10.00. The van der Waals surface area contributed by atoms with Crippen LogP contribution >= 0.6 is 0 Å². The molecular weight excluding hydrogens is 305 g/mol. The Balaban J connectivity index is 2.55. The van der Waals surface area contributed by atoms with Crippen LogP contribution in [-0.4, -0.2) is 13.9 Å². The van der Waals surface area contributed by atoms with Gasteiger partial charge in [0.1, 0.15) is 0 Å². The molecule has 0 fully saturated rings. The number of alkyl halides is 3. The predicted molar refractivity (Wildman–Crippen MR) is 72.2 cm³/mol. The molecule has 112 valence electrons. The number of benzene rings is 2. The predicted octanol–water partition coefficient (Wildman–Crippen LogP) is 3.89. The summed E-state index contributed by atoms with van der Waals surface area (Å²) in [6.45, 7) is 1.66. The fraction of sp³-hybridized carbons (Fsp3) is 0.143. The van der Waals surface area contributed by atoms with Crippen molar-refractivity contribution >= 4 is 10.1 Å². The van der Waals surface area contributed by atoms with Gasteiger partial charge >= 0.3 is 15.6 Å². The van der Waals surface area contributed by atoms with Crippen molar-refractivity contribution in [3.63, 3.8) is 0 Å². The third kappa shape index (κ3) is 3.18. The molecule has 0 saturated heterocycles. The summed E-state index contributed by atoms with van der Waals surface area (Å²) in [6, 6.07) is 12.8. The van der Waals surface area contributed by atoms with E-state index in [0.717, 1.165) is 0 Å². The highest BCUT2D eigenvalue weighted by atomic mass is 32.2. The van der Waals surface area contributed by atoms with Crippen molar-refractivity contribution in [3.05, 3.63) is 54.1 Å². The van der Waals surface area contributed by atoms with Crippen LogP contribution in [0.15, 0.2) is 48.5 Å². The molecule has 0 unspecified atom stereocenters. The van der Waals surface area contributed by atoms with Crippen LogP contribution in [0.1, 0.15) is 5.56 Å². The molecule has 2 aromatic carbocycles. The molecule has 0 radical (unpaired) electrons. The molecule has 0 aromatic heterocycles. The van der Waals surface area contributed by atoms with Gasteiger partial charge in [-0.1, -0.05) is 42.5 Å². The number of aryl methyl sites for hydroxylation is 1. The maximum atomic E-state index is 12.4. The first-order valence-electron chi connectivity index (χ1n) is 5.88. The SMILES string of the molecule is Cc1cccc(OS(=O)(=O)C(F)(F)F)c1-c1ccccc1. The van der Waals surface area contributed by atoms with Crippen molar-refractivity contribution < 1.29 is 25.8 Å². The number of hydrogen-bond donors (Lipinski definition) is 0. The van der Waals surface area contributed by atoms with E-state index in [-0.39, 0.29) is 5.75 Å². The largest absolute Gasteiger partial charge is 0.534 e. The van der Waals surface area contributed by atoms with Crippen molar-refractivity contribution in [2.24, 2.45) is 0 Å². The van der Waals surface area contributed by atoms with E-state index in [4.69, 9.17) is 0 Å². The van der Waals surface area contributed by atoms with Crippen LogP contribution < -0.4 is 4.18 Å². The lowest BCUT2D eigenvalue weighted by molar-refractivity contribution is -0.0499. The zero-order valence-corrected chi connectivity index (χ0v) is 11.7. The first-order valence-corrected chi connectivity index (χ1v) is 7.29. The lowest BCUT2D eigenvalue weighted by Gasteiger charge is -2.15. The fourth-order valence-corrected chi connectivity index (χ4v) is 2.32. The van der Waals surface area contributed by atoms with Gasteiger partial charge in [0.05, 0.1) is 0 Å². The van der Waals surface area contributed by atoms with Gasteiger partial charge in [-0.05, 0) is 24.1 Å². The summed E-state index contributed by atoms with van der Waals surface area (Å²) < 4.78 is 63.9. The van der Waals surface area contributed by atoms with Crippen LogP contribution in [0.5, 0.6) is 5.75 Å². The van der Waals surface area contributed by atoms with E-state index in [9.17, 15) is 21.6 Å². The molecule has 0 amide bonds. The minimum atomic E-state index is -5.70. The Kier molecular flexibility index (Phi) is 3.95. The Hall–Kier alpha value is -2.02. The van der Waals surface area contributed by atoms with E-state index in [0.29, 0.717) is 16.7 Å².